The Bertz CT molecular complexity index is 565. The Morgan fingerprint density at radius 3 is 2.16 bits per heavy atom. The highest BCUT2D eigenvalue weighted by Crippen LogP contribution is 2.24. The number of anilines is 1. The van der Waals surface area contributed by atoms with Gasteiger partial charge in [-0.2, -0.15) is 0 Å². The Balaban J connectivity index is 2.30. The van der Waals surface area contributed by atoms with Crippen LogP contribution in [0.5, 0.6) is 0 Å². The summed E-state index contributed by atoms with van der Waals surface area (Å²) in [5, 5.41) is 0. The van der Waals surface area contributed by atoms with Gasteiger partial charge in [0.05, 0.1) is 6.04 Å². The van der Waals surface area contributed by atoms with Gasteiger partial charge in [0.15, 0.2) is 0 Å². The van der Waals surface area contributed by atoms with Crippen LogP contribution in [0.15, 0.2) is 42.5 Å². The molecule has 0 saturated heterocycles. The van der Waals surface area contributed by atoms with Gasteiger partial charge in [-0.05, 0) is 23.8 Å². The lowest BCUT2D eigenvalue weighted by molar-refractivity contribution is 0.566. The molecule has 2 aromatic rings. The molecular weight excluding hydrogens is 246 g/mol. The Morgan fingerprint density at radius 1 is 1.00 bits per heavy atom. The molecule has 0 radical (unpaired) electrons. The van der Waals surface area contributed by atoms with Gasteiger partial charge in [-0.1, -0.05) is 18.2 Å². The average Bonchev–Trinajstić information content (AvgIpc) is 2.38. The molecule has 0 heterocycles. The minimum absolute atomic E-state index is 0.291. The maximum atomic E-state index is 13.7. The van der Waals surface area contributed by atoms with Crippen LogP contribution in [-0.2, 0) is 0 Å². The summed E-state index contributed by atoms with van der Waals surface area (Å²) in [7, 11) is 3.88. The summed E-state index contributed by atoms with van der Waals surface area (Å²) in [5.41, 5.74) is 8.13. The van der Waals surface area contributed by atoms with Crippen molar-refractivity contribution in [3.63, 3.8) is 0 Å². The van der Waals surface area contributed by atoms with Gasteiger partial charge in [0.25, 0.3) is 0 Å². The number of nitrogens with two attached hydrogens (primary N) is 1. The first-order chi connectivity index (χ1) is 8.99. The fourth-order valence-electron chi connectivity index (χ4n) is 1.91. The van der Waals surface area contributed by atoms with E-state index in [1.165, 1.54) is 12.1 Å². The molecule has 1 unspecified atom stereocenters. The molecule has 0 fully saturated rings. The van der Waals surface area contributed by atoms with E-state index in [4.69, 9.17) is 5.73 Å². The Morgan fingerprint density at radius 2 is 1.63 bits per heavy atom. The summed E-state index contributed by atoms with van der Waals surface area (Å²) in [6, 6.07) is 10.4. The van der Waals surface area contributed by atoms with Crippen molar-refractivity contribution in [2.24, 2.45) is 5.73 Å². The number of halogens is 2. The van der Waals surface area contributed by atoms with Crippen molar-refractivity contribution in [2.45, 2.75) is 6.04 Å². The van der Waals surface area contributed by atoms with Crippen LogP contribution in [0.1, 0.15) is 17.2 Å². The molecule has 0 bridgehead atoms. The third-order valence-corrected chi connectivity index (χ3v) is 3.07. The van der Waals surface area contributed by atoms with E-state index in [0.29, 0.717) is 5.56 Å². The van der Waals surface area contributed by atoms with Gasteiger partial charge in [-0.15, -0.1) is 0 Å². The maximum Gasteiger partial charge on any atom is 0.131 e. The van der Waals surface area contributed by atoms with Crippen molar-refractivity contribution >= 4 is 5.69 Å². The van der Waals surface area contributed by atoms with E-state index >= 15 is 0 Å². The molecule has 0 aliphatic carbocycles. The molecule has 0 aliphatic heterocycles. The second-order valence-corrected chi connectivity index (χ2v) is 4.63. The predicted octanol–water partition coefficient (Wildman–Crippen LogP) is 3.08. The molecule has 2 aromatic carbocycles. The number of hydrogen-bond acceptors (Lipinski definition) is 2. The summed E-state index contributed by atoms with van der Waals surface area (Å²) in [6.07, 6.45) is 0. The SMILES string of the molecule is CN(C)c1ccc(C(N)c2ccc(F)cc2F)cc1. The number of hydrogen-bond donors (Lipinski definition) is 1. The van der Waals surface area contributed by atoms with Crippen LogP contribution < -0.4 is 10.6 Å². The van der Waals surface area contributed by atoms with Gasteiger partial charge in [0.2, 0.25) is 0 Å². The largest absolute Gasteiger partial charge is 0.378 e. The first kappa shape index (κ1) is 13.5. The van der Waals surface area contributed by atoms with E-state index in [0.717, 1.165) is 17.3 Å². The number of nitrogens with zero attached hydrogens (tertiary/aromatic N) is 1. The summed E-state index contributed by atoms with van der Waals surface area (Å²) in [4.78, 5) is 1.97. The topological polar surface area (TPSA) is 29.3 Å². The van der Waals surface area contributed by atoms with Crippen molar-refractivity contribution in [1.82, 2.24) is 0 Å². The highest BCUT2D eigenvalue weighted by atomic mass is 19.1. The Labute approximate surface area is 111 Å². The van der Waals surface area contributed by atoms with E-state index in [1.54, 1.807) is 0 Å². The van der Waals surface area contributed by atoms with Crippen LogP contribution in [0.3, 0.4) is 0 Å². The number of rotatable bonds is 3. The molecule has 0 spiro atoms. The molecule has 2 N–H and O–H groups in total. The van der Waals surface area contributed by atoms with Crippen molar-refractivity contribution in [1.29, 1.82) is 0 Å². The smallest absolute Gasteiger partial charge is 0.131 e. The van der Waals surface area contributed by atoms with Gasteiger partial charge in [-0.3, -0.25) is 0 Å². The monoisotopic (exact) mass is 262 g/mol. The second kappa shape index (κ2) is 5.36. The molecule has 2 nitrogen and oxygen atoms in total. The third kappa shape index (κ3) is 2.90. The minimum Gasteiger partial charge on any atom is -0.378 e. The van der Waals surface area contributed by atoms with Crippen LogP contribution in [-0.4, -0.2) is 14.1 Å². The maximum absolute atomic E-state index is 13.7. The van der Waals surface area contributed by atoms with Gasteiger partial charge >= 0.3 is 0 Å². The fraction of sp³-hybridized carbons (Fsp3) is 0.200. The van der Waals surface area contributed by atoms with Crippen LogP contribution >= 0.6 is 0 Å². The molecule has 0 aliphatic rings. The molecular formula is C15H16F2N2. The lowest BCUT2D eigenvalue weighted by Crippen LogP contribution is -2.14. The van der Waals surface area contributed by atoms with Gasteiger partial charge in [0, 0.05) is 31.4 Å². The molecule has 100 valence electrons. The first-order valence-electron chi connectivity index (χ1n) is 5.97. The Kier molecular flexibility index (Phi) is 3.81. The lowest BCUT2D eigenvalue weighted by Gasteiger charge is -2.16. The quantitative estimate of drug-likeness (QED) is 0.921. The zero-order valence-electron chi connectivity index (χ0n) is 10.9. The third-order valence-electron chi connectivity index (χ3n) is 3.07. The van der Waals surface area contributed by atoms with Gasteiger partial charge < -0.3 is 10.6 Å². The fourth-order valence-corrected chi connectivity index (χ4v) is 1.91. The highest BCUT2D eigenvalue weighted by Gasteiger charge is 2.14. The molecule has 2 rings (SSSR count). The van der Waals surface area contributed by atoms with E-state index in [2.05, 4.69) is 0 Å². The molecule has 0 amide bonds. The van der Waals surface area contributed by atoms with Gasteiger partial charge in [-0.25, -0.2) is 8.78 Å². The highest BCUT2D eigenvalue weighted by molar-refractivity contribution is 5.47. The number of benzene rings is 2. The molecule has 4 heteroatoms. The summed E-state index contributed by atoms with van der Waals surface area (Å²) >= 11 is 0. The summed E-state index contributed by atoms with van der Waals surface area (Å²) < 4.78 is 26.5. The summed E-state index contributed by atoms with van der Waals surface area (Å²) in [6.45, 7) is 0. The van der Waals surface area contributed by atoms with E-state index < -0.39 is 17.7 Å². The van der Waals surface area contributed by atoms with Crippen LogP contribution in [0.2, 0.25) is 0 Å². The lowest BCUT2D eigenvalue weighted by atomic mass is 9.99. The average molecular weight is 262 g/mol. The molecule has 1 atom stereocenters. The first-order valence-corrected chi connectivity index (χ1v) is 5.97. The second-order valence-electron chi connectivity index (χ2n) is 4.63. The Hall–Kier alpha value is -1.94. The molecule has 19 heavy (non-hydrogen) atoms. The van der Waals surface area contributed by atoms with Crippen molar-refractivity contribution in [2.75, 3.05) is 19.0 Å². The summed E-state index contributed by atoms with van der Waals surface area (Å²) in [5.74, 6) is -1.22. The standard InChI is InChI=1S/C15H16F2N2/c1-19(2)12-6-3-10(4-7-12)15(18)13-8-5-11(16)9-14(13)17/h3-9,15H,18H2,1-2H3. The predicted molar refractivity (Wildman–Crippen MR) is 73.2 cm³/mol. The van der Waals surface area contributed by atoms with Crippen molar-refractivity contribution in [3.05, 3.63) is 65.2 Å². The zero-order valence-corrected chi connectivity index (χ0v) is 10.9. The zero-order chi connectivity index (χ0) is 14.0. The normalized spacial score (nSPS) is 12.3. The van der Waals surface area contributed by atoms with E-state index in [-0.39, 0.29) is 0 Å². The van der Waals surface area contributed by atoms with Crippen molar-refractivity contribution < 1.29 is 8.78 Å². The van der Waals surface area contributed by atoms with E-state index in [1.807, 2.05) is 43.3 Å². The minimum atomic E-state index is -0.621. The molecule has 0 aromatic heterocycles. The van der Waals surface area contributed by atoms with E-state index in [9.17, 15) is 8.78 Å². The van der Waals surface area contributed by atoms with Crippen LogP contribution in [0.4, 0.5) is 14.5 Å². The van der Waals surface area contributed by atoms with Crippen molar-refractivity contribution in [3.8, 4) is 0 Å². The van der Waals surface area contributed by atoms with Crippen LogP contribution in [0, 0.1) is 11.6 Å². The molecule has 0 saturated carbocycles. The van der Waals surface area contributed by atoms with Crippen LogP contribution in [0.25, 0.3) is 0 Å². The van der Waals surface area contributed by atoms with Gasteiger partial charge in [0.1, 0.15) is 11.6 Å².